The van der Waals surface area contributed by atoms with Gasteiger partial charge < -0.3 is 15.2 Å². The topological polar surface area (TPSA) is 61.8 Å². The van der Waals surface area contributed by atoms with Gasteiger partial charge in [0.2, 0.25) is 5.91 Å². The molecular weight excluding hydrogens is 347 g/mol. The van der Waals surface area contributed by atoms with Crippen molar-refractivity contribution in [1.29, 1.82) is 0 Å². The fraction of sp³-hybridized carbons (Fsp3) is 0.381. The highest BCUT2D eigenvalue weighted by Gasteiger charge is 2.33. The van der Waals surface area contributed by atoms with Gasteiger partial charge in [0.1, 0.15) is 12.2 Å². The molecule has 0 aromatic heterocycles. The molecule has 1 saturated heterocycles. The SMILES string of the molecule is O=C(CN1CCC(O)(COc2ccccc2F)CC1)NCc1ccccc1. The van der Waals surface area contributed by atoms with Crippen LogP contribution in [-0.4, -0.2) is 47.8 Å². The van der Waals surface area contributed by atoms with E-state index >= 15 is 0 Å². The van der Waals surface area contributed by atoms with Crippen molar-refractivity contribution in [3.63, 3.8) is 0 Å². The Balaban J connectivity index is 1.40. The Morgan fingerprint density at radius 1 is 1.11 bits per heavy atom. The maximum atomic E-state index is 13.6. The summed E-state index contributed by atoms with van der Waals surface area (Å²) in [4.78, 5) is 14.1. The zero-order valence-electron chi connectivity index (χ0n) is 15.2. The first-order valence-electron chi connectivity index (χ1n) is 9.17. The van der Waals surface area contributed by atoms with E-state index in [1.807, 2.05) is 35.2 Å². The molecule has 1 fully saturated rings. The van der Waals surface area contributed by atoms with E-state index in [9.17, 15) is 14.3 Å². The van der Waals surface area contributed by atoms with Crippen molar-refractivity contribution in [3.8, 4) is 5.75 Å². The van der Waals surface area contributed by atoms with E-state index in [-0.39, 0.29) is 18.3 Å². The number of hydrogen-bond acceptors (Lipinski definition) is 4. The summed E-state index contributed by atoms with van der Waals surface area (Å²) in [6, 6.07) is 15.9. The molecule has 5 nitrogen and oxygen atoms in total. The van der Waals surface area contributed by atoms with Gasteiger partial charge in [0.15, 0.2) is 11.6 Å². The van der Waals surface area contributed by atoms with Crippen LogP contribution in [0.4, 0.5) is 4.39 Å². The van der Waals surface area contributed by atoms with Crippen LogP contribution in [0.3, 0.4) is 0 Å². The monoisotopic (exact) mass is 372 g/mol. The number of nitrogens with zero attached hydrogens (tertiary/aromatic N) is 1. The number of benzene rings is 2. The number of para-hydroxylation sites is 1. The molecule has 0 bridgehead atoms. The van der Waals surface area contributed by atoms with E-state index in [2.05, 4.69) is 5.32 Å². The largest absolute Gasteiger partial charge is 0.488 e. The average molecular weight is 372 g/mol. The number of halogens is 1. The van der Waals surface area contributed by atoms with Gasteiger partial charge in [0, 0.05) is 19.6 Å². The van der Waals surface area contributed by atoms with Crippen LogP contribution in [0.1, 0.15) is 18.4 Å². The normalized spacial score (nSPS) is 16.7. The minimum Gasteiger partial charge on any atom is -0.488 e. The van der Waals surface area contributed by atoms with Gasteiger partial charge >= 0.3 is 0 Å². The smallest absolute Gasteiger partial charge is 0.234 e. The maximum Gasteiger partial charge on any atom is 0.234 e. The Bertz CT molecular complexity index is 746. The molecule has 1 heterocycles. The third-order valence-electron chi connectivity index (χ3n) is 4.82. The molecule has 3 rings (SSSR count). The molecule has 0 spiro atoms. The lowest BCUT2D eigenvalue weighted by atomic mass is 9.92. The van der Waals surface area contributed by atoms with Crippen LogP contribution in [-0.2, 0) is 11.3 Å². The molecule has 2 aromatic carbocycles. The molecule has 1 aliphatic rings. The lowest BCUT2D eigenvalue weighted by Crippen LogP contribution is -2.50. The predicted octanol–water partition coefficient (Wildman–Crippen LogP) is 2.35. The molecule has 1 aliphatic heterocycles. The van der Waals surface area contributed by atoms with Gasteiger partial charge in [-0.15, -0.1) is 0 Å². The summed E-state index contributed by atoms with van der Waals surface area (Å²) < 4.78 is 19.1. The molecule has 0 saturated carbocycles. The highest BCUT2D eigenvalue weighted by Crippen LogP contribution is 2.24. The van der Waals surface area contributed by atoms with Gasteiger partial charge in [-0.2, -0.15) is 0 Å². The van der Waals surface area contributed by atoms with E-state index in [1.54, 1.807) is 18.2 Å². The second kappa shape index (κ2) is 8.97. The molecule has 27 heavy (non-hydrogen) atoms. The molecule has 2 aromatic rings. The van der Waals surface area contributed by atoms with Gasteiger partial charge in [0.05, 0.1) is 6.54 Å². The summed E-state index contributed by atoms with van der Waals surface area (Å²) in [7, 11) is 0. The molecule has 6 heteroatoms. The number of piperidine rings is 1. The standard InChI is InChI=1S/C21H25FN2O3/c22-18-8-4-5-9-19(18)27-16-21(26)10-12-24(13-11-21)15-20(25)23-14-17-6-2-1-3-7-17/h1-9,26H,10-16H2,(H,23,25). The summed E-state index contributed by atoms with van der Waals surface area (Å²) >= 11 is 0. The van der Waals surface area contributed by atoms with E-state index < -0.39 is 11.4 Å². The van der Waals surface area contributed by atoms with Crippen LogP contribution in [0.25, 0.3) is 0 Å². The maximum absolute atomic E-state index is 13.6. The Labute approximate surface area is 158 Å². The van der Waals surface area contributed by atoms with Crippen LogP contribution in [0.2, 0.25) is 0 Å². The van der Waals surface area contributed by atoms with Crippen molar-refractivity contribution >= 4 is 5.91 Å². The van der Waals surface area contributed by atoms with Crippen LogP contribution in [0, 0.1) is 5.82 Å². The van der Waals surface area contributed by atoms with Gasteiger partial charge in [-0.1, -0.05) is 42.5 Å². The number of nitrogens with one attached hydrogen (secondary N) is 1. The summed E-state index contributed by atoms with van der Waals surface area (Å²) in [5.41, 5.74) is 0.0587. The van der Waals surface area contributed by atoms with Crippen molar-refractivity contribution in [2.24, 2.45) is 0 Å². The molecule has 0 radical (unpaired) electrons. The zero-order chi connectivity index (χ0) is 19.1. The summed E-state index contributed by atoms with van der Waals surface area (Å²) in [6.45, 7) is 2.04. The number of carbonyl (C=O) groups is 1. The highest BCUT2D eigenvalue weighted by atomic mass is 19.1. The molecule has 1 amide bonds. The lowest BCUT2D eigenvalue weighted by molar-refractivity contribution is -0.124. The van der Waals surface area contributed by atoms with Crippen molar-refractivity contribution in [2.75, 3.05) is 26.2 Å². The highest BCUT2D eigenvalue weighted by molar-refractivity contribution is 5.78. The van der Waals surface area contributed by atoms with Crippen LogP contribution in [0.5, 0.6) is 5.75 Å². The Morgan fingerprint density at radius 2 is 1.78 bits per heavy atom. The van der Waals surface area contributed by atoms with E-state index in [1.165, 1.54) is 6.07 Å². The molecular formula is C21H25FN2O3. The Hall–Kier alpha value is -2.44. The summed E-state index contributed by atoms with van der Waals surface area (Å²) in [5.74, 6) is -0.325. The van der Waals surface area contributed by atoms with Crippen molar-refractivity contribution < 1.29 is 19.0 Å². The van der Waals surface area contributed by atoms with E-state index in [0.717, 1.165) is 5.56 Å². The molecule has 144 valence electrons. The number of aliphatic hydroxyl groups is 1. The van der Waals surface area contributed by atoms with Crippen molar-refractivity contribution in [2.45, 2.75) is 25.0 Å². The number of amides is 1. The van der Waals surface area contributed by atoms with E-state index in [4.69, 9.17) is 4.74 Å². The fourth-order valence-electron chi connectivity index (χ4n) is 3.10. The number of ether oxygens (including phenoxy) is 1. The molecule has 2 N–H and O–H groups in total. The van der Waals surface area contributed by atoms with Gasteiger partial charge in [-0.3, -0.25) is 9.69 Å². The van der Waals surface area contributed by atoms with Gasteiger partial charge in [-0.05, 0) is 30.5 Å². The average Bonchev–Trinajstić information content (AvgIpc) is 2.69. The van der Waals surface area contributed by atoms with Gasteiger partial charge in [-0.25, -0.2) is 4.39 Å². The number of likely N-dealkylation sites (tertiary alicyclic amines) is 1. The first kappa shape index (κ1) is 19.3. The second-order valence-corrected chi connectivity index (χ2v) is 6.98. The quantitative estimate of drug-likeness (QED) is 0.783. The molecule has 0 aliphatic carbocycles. The minimum absolute atomic E-state index is 0.0353. The van der Waals surface area contributed by atoms with Crippen LogP contribution < -0.4 is 10.1 Å². The number of hydrogen-bond donors (Lipinski definition) is 2. The second-order valence-electron chi connectivity index (χ2n) is 6.98. The van der Waals surface area contributed by atoms with Gasteiger partial charge in [0.25, 0.3) is 0 Å². The van der Waals surface area contributed by atoms with Crippen LogP contribution in [0.15, 0.2) is 54.6 Å². The van der Waals surface area contributed by atoms with Crippen LogP contribution >= 0.6 is 0 Å². The molecule has 0 atom stereocenters. The first-order valence-corrected chi connectivity index (χ1v) is 9.17. The predicted molar refractivity (Wildman–Crippen MR) is 101 cm³/mol. The zero-order valence-corrected chi connectivity index (χ0v) is 15.2. The van der Waals surface area contributed by atoms with E-state index in [0.29, 0.717) is 39.0 Å². The Kier molecular flexibility index (Phi) is 6.42. The lowest BCUT2D eigenvalue weighted by Gasteiger charge is -2.37. The fourth-order valence-corrected chi connectivity index (χ4v) is 3.10. The van der Waals surface area contributed by atoms with Crippen molar-refractivity contribution in [1.82, 2.24) is 10.2 Å². The third-order valence-corrected chi connectivity index (χ3v) is 4.82. The number of rotatable bonds is 7. The van der Waals surface area contributed by atoms with Crippen molar-refractivity contribution in [3.05, 3.63) is 66.0 Å². The minimum atomic E-state index is -1.00. The Morgan fingerprint density at radius 3 is 2.48 bits per heavy atom. The summed E-state index contributed by atoms with van der Waals surface area (Å²) in [5, 5.41) is 13.6. The first-order chi connectivity index (χ1) is 13.0. The number of carbonyl (C=O) groups excluding carboxylic acids is 1. The summed E-state index contributed by atoms with van der Waals surface area (Å²) in [6.07, 6.45) is 0.959. The molecule has 0 unspecified atom stereocenters. The third kappa shape index (κ3) is 5.77.